The molecule has 0 radical (unpaired) electrons. The van der Waals surface area contributed by atoms with Gasteiger partial charge in [0.1, 0.15) is 0 Å². The minimum Gasteiger partial charge on any atom is -0.381 e. The molecule has 0 saturated carbocycles. The monoisotopic (exact) mass is 234 g/mol. The highest BCUT2D eigenvalue weighted by Crippen LogP contribution is 2.21. The van der Waals surface area contributed by atoms with Crippen molar-refractivity contribution in [1.29, 1.82) is 0 Å². The molecule has 0 bridgehead atoms. The highest BCUT2D eigenvalue weighted by molar-refractivity contribution is 6.35. The lowest BCUT2D eigenvalue weighted by atomic mass is 10.1. The van der Waals surface area contributed by atoms with Crippen molar-refractivity contribution in [1.82, 2.24) is 0 Å². The molecule has 1 aliphatic rings. The van der Waals surface area contributed by atoms with E-state index in [-0.39, 0.29) is 0 Å². The molecule has 84 valence electrons. The zero-order valence-electron chi connectivity index (χ0n) is 9.16. The smallest absolute Gasteiger partial charge is 0.0484 e. The topological polar surface area (TPSA) is 9.23 Å². The van der Waals surface area contributed by atoms with Crippen molar-refractivity contribution >= 4 is 22.4 Å². The van der Waals surface area contributed by atoms with Gasteiger partial charge in [-0.15, -0.1) is 0 Å². The molecule has 0 N–H and O–H groups in total. The van der Waals surface area contributed by atoms with Crippen LogP contribution in [0.3, 0.4) is 0 Å². The predicted molar refractivity (Wildman–Crippen MR) is 69.0 cm³/mol. The summed E-state index contributed by atoms with van der Waals surface area (Å²) < 4.78 is 4.94. The van der Waals surface area contributed by atoms with Gasteiger partial charge < -0.3 is 4.74 Å². The number of fused-ring (bicyclic) bond motifs is 1. The average Bonchev–Trinajstić information content (AvgIpc) is 2.88. The average molecular weight is 235 g/mol. The van der Waals surface area contributed by atoms with E-state index in [2.05, 4.69) is 12.1 Å². The molecule has 16 heavy (non-hydrogen) atoms. The van der Waals surface area contributed by atoms with Crippen LogP contribution in [0.4, 0.5) is 0 Å². The number of hydrogen-bond acceptors (Lipinski definition) is 1. The number of benzene rings is 2. The maximum atomic E-state index is 5.96. The first kappa shape index (κ1) is 11.4. The fourth-order valence-electron chi connectivity index (χ4n) is 1.70. The molecule has 2 aromatic carbocycles. The van der Waals surface area contributed by atoms with E-state index in [1.807, 2.05) is 30.3 Å². The molecule has 1 nitrogen and oxygen atoms in total. The summed E-state index contributed by atoms with van der Waals surface area (Å²) in [5.41, 5.74) is 0. The van der Waals surface area contributed by atoms with Gasteiger partial charge in [0.25, 0.3) is 0 Å². The molecule has 0 aromatic heterocycles. The van der Waals surface area contributed by atoms with Crippen molar-refractivity contribution in [3.63, 3.8) is 0 Å². The molecule has 3 rings (SSSR count). The summed E-state index contributed by atoms with van der Waals surface area (Å²) in [5.74, 6) is 0. The summed E-state index contributed by atoms with van der Waals surface area (Å²) in [5, 5.41) is 3.14. The lowest BCUT2D eigenvalue weighted by molar-refractivity contribution is 0.198. The first-order valence-electron chi connectivity index (χ1n) is 5.59. The van der Waals surface area contributed by atoms with Crippen LogP contribution >= 0.6 is 11.6 Å². The SMILES string of the molecule is C1CCOC1.Clc1cccc2ccccc12. The van der Waals surface area contributed by atoms with Gasteiger partial charge >= 0.3 is 0 Å². The van der Waals surface area contributed by atoms with Crippen LogP contribution < -0.4 is 0 Å². The molecule has 0 spiro atoms. The quantitative estimate of drug-likeness (QED) is 0.661. The Hall–Kier alpha value is -1.05. The molecule has 0 amide bonds. The predicted octanol–water partition coefficient (Wildman–Crippen LogP) is 4.29. The Morgan fingerprint density at radius 2 is 1.56 bits per heavy atom. The summed E-state index contributed by atoms with van der Waals surface area (Å²) in [6, 6.07) is 14.0. The van der Waals surface area contributed by atoms with Gasteiger partial charge in [0.2, 0.25) is 0 Å². The van der Waals surface area contributed by atoms with Crippen LogP contribution in [0, 0.1) is 0 Å². The van der Waals surface area contributed by atoms with E-state index in [1.165, 1.54) is 18.2 Å². The van der Waals surface area contributed by atoms with Crippen LogP contribution in [0.1, 0.15) is 12.8 Å². The van der Waals surface area contributed by atoms with Crippen molar-refractivity contribution < 1.29 is 4.74 Å². The number of ether oxygens (including phenoxy) is 1. The molecule has 2 aromatic rings. The molecule has 1 saturated heterocycles. The number of rotatable bonds is 0. The molecular weight excluding hydrogens is 220 g/mol. The Morgan fingerprint density at radius 1 is 0.875 bits per heavy atom. The van der Waals surface area contributed by atoms with Crippen LogP contribution in [0.25, 0.3) is 10.8 Å². The van der Waals surface area contributed by atoms with E-state index >= 15 is 0 Å². The molecule has 0 aliphatic carbocycles. The summed E-state index contributed by atoms with van der Waals surface area (Å²) in [6.07, 6.45) is 2.56. The van der Waals surface area contributed by atoms with Crippen molar-refractivity contribution in [3.05, 3.63) is 47.5 Å². The minimum absolute atomic E-state index is 0.822. The fraction of sp³-hybridized carbons (Fsp3) is 0.286. The second kappa shape index (κ2) is 5.88. The van der Waals surface area contributed by atoms with Gasteiger partial charge in [-0.05, 0) is 24.3 Å². The molecular formula is C14H15ClO. The summed E-state index contributed by atoms with van der Waals surface area (Å²) in [7, 11) is 0. The Bertz CT molecular complexity index is 436. The molecule has 1 fully saturated rings. The first-order chi connectivity index (χ1) is 7.88. The van der Waals surface area contributed by atoms with E-state index in [1.54, 1.807) is 0 Å². The third-order valence-electron chi connectivity index (χ3n) is 2.56. The Balaban J connectivity index is 0.000000162. The highest BCUT2D eigenvalue weighted by atomic mass is 35.5. The fourth-order valence-corrected chi connectivity index (χ4v) is 1.94. The van der Waals surface area contributed by atoms with Gasteiger partial charge in [-0.3, -0.25) is 0 Å². The zero-order chi connectivity index (χ0) is 11.2. The van der Waals surface area contributed by atoms with Crippen molar-refractivity contribution in [2.24, 2.45) is 0 Å². The van der Waals surface area contributed by atoms with E-state index in [4.69, 9.17) is 16.3 Å². The van der Waals surface area contributed by atoms with E-state index < -0.39 is 0 Å². The minimum atomic E-state index is 0.822. The molecule has 0 atom stereocenters. The third-order valence-corrected chi connectivity index (χ3v) is 2.89. The molecule has 0 unspecified atom stereocenters. The lowest BCUT2D eigenvalue weighted by Gasteiger charge is -1.97. The maximum absolute atomic E-state index is 5.96. The zero-order valence-corrected chi connectivity index (χ0v) is 9.91. The van der Waals surface area contributed by atoms with E-state index in [0.29, 0.717) is 0 Å². The van der Waals surface area contributed by atoms with Gasteiger partial charge in [0.15, 0.2) is 0 Å². The normalized spacial score (nSPS) is 14.6. The summed E-state index contributed by atoms with van der Waals surface area (Å²) in [4.78, 5) is 0. The number of hydrogen-bond donors (Lipinski definition) is 0. The van der Waals surface area contributed by atoms with E-state index in [0.717, 1.165) is 23.6 Å². The second-order valence-corrected chi connectivity index (χ2v) is 4.19. The van der Waals surface area contributed by atoms with Crippen LogP contribution in [0.5, 0.6) is 0 Å². The lowest BCUT2D eigenvalue weighted by Crippen LogP contribution is -1.74. The van der Waals surface area contributed by atoms with Crippen molar-refractivity contribution in [2.75, 3.05) is 13.2 Å². The van der Waals surface area contributed by atoms with Crippen LogP contribution in [-0.2, 0) is 4.74 Å². The molecule has 1 heterocycles. The molecule has 2 heteroatoms. The van der Waals surface area contributed by atoms with Gasteiger partial charge in [-0.25, -0.2) is 0 Å². The maximum Gasteiger partial charge on any atom is 0.0484 e. The van der Waals surface area contributed by atoms with Crippen LogP contribution in [-0.4, -0.2) is 13.2 Å². The Labute approximate surface area is 101 Å². The van der Waals surface area contributed by atoms with Crippen LogP contribution in [0.2, 0.25) is 5.02 Å². The highest BCUT2D eigenvalue weighted by Gasteiger charge is 1.95. The summed E-state index contributed by atoms with van der Waals surface area (Å²) in [6.45, 7) is 2.00. The van der Waals surface area contributed by atoms with E-state index in [9.17, 15) is 0 Å². The van der Waals surface area contributed by atoms with Crippen molar-refractivity contribution in [3.8, 4) is 0 Å². The Kier molecular flexibility index (Phi) is 4.20. The van der Waals surface area contributed by atoms with Crippen molar-refractivity contribution in [2.45, 2.75) is 12.8 Å². The van der Waals surface area contributed by atoms with Gasteiger partial charge in [-0.2, -0.15) is 0 Å². The third kappa shape index (κ3) is 2.97. The Morgan fingerprint density at radius 3 is 2.19 bits per heavy atom. The van der Waals surface area contributed by atoms with Gasteiger partial charge in [-0.1, -0.05) is 48.0 Å². The summed E-state index contributed by atoms with van der Waals surface area (Å²) >= 11 is 5.96. The first-order valence-corrected chi connectivity index (χ1v) is 5.97. The molecule has 1 aliphatic heterocycles. The second-order valence-electron chi connectivity index (χ2n) is 3.78. The number of halogens is 1. The van der Waals surface area contributed by atoms with Gasteiger partial charge in [0, 0.05) is 23.6 Å². The largest absolute Gasteiger partial charge is 0.381 e. The van der Waals surface area contributed by atoms with Crippen LogP contribution in [0.15, 0.2) is 42.5 Å². The standard InChI is InChI=1S/C10H7Cl.C4H8O/c11-10-7-3-5-8-4-1-2-6-9(8)10;1-2-4-5-3-1/h1-7H;1-4H2. The van der Waals surface area contributed by atoms with Gasteiger partial charge in [0.05, 0.1) is 0 Å².